The first-order valence-corrected chi connectivity index (χ1v) is 11.6. The molecule has 3 fully saturated rings. The minimum atomic E-state index is -2.83. The molecule has 0 radical (unpaired) electrons. The second kappa shape index (κ2) is 8.23. The highest BCUT2D eigenvalue weighted by molar-refractivity contribution is 5.88. The summed E-state index contributed by atoms with van der Waals surface area (Å²) in [4.78, 5) is 17.9. The second-order valence-corrected chi connectivity index (χ2v) is 9.72. The number of hydrogen-bond acceptors (Lipinski definition) is 3. The van der Waals surface area contributed by atoms with Crippen LogP contribution in [0.2, 0.25) is 0 Å². The van der Waals surface area contributed by atoms with E-state index in [2.05, 4.69) is 17.0 Å². The summed E-state index contributed by atoms with van der Waals surface area (Å²) in [6, 6.07) is 19.1. The van der Waals surface area contributed by atoms with E-state index in [1.807, 2.05) is 18.2 Å². The third-order valence-electron chi connectivity index (χ3n) is 7.65. The standard InChI is InChI=1S/C26H30F2N2O2/c27-25(28)13-11-22(15-25)26(32,21-9-5-2-6-10-21)24(31)30-18-20-17-29(14-12-23(20)30)16-19-7-3-1-4-8-19/h1-10,20,22-23,32H,11-18H2/t20-,22+,23-,26-/m0/s1. The van der Waals surface area contributed by atoms with Crippen molar-refractivity contribution in [3.63, 3.8) is 0 Å². The average molecular weight is 441 g/mol. The highest BCUT2D eigenvalue weighted by Gasteiger charge is 2.57. The van der Waals surface area contributed by atoms with Crippen molar-refractivity contribution in [3.8, 4) is 0 Å². The van der Waals surface area contributed by atoms with Gasteiger partial charge in [-0.05, 0) is 24.0 Å². The summed E-state index contributed by atoms with van der Waals surface area (Å²) in [5, 5.41) is 11.7. The molecule has 2 heterocycles. The van der Waals surface area contributed by atoms with Crippen molar-refractivity contribution >= 4 is 5.91 Å². The summed E-state index contributed by atoms with van der Waals surface area (Å²) in [6.07, 6.45) is 0.267. The van der Waals surface area contributed by atoms with Crippen molar-refractivity contribution in [2.24, 2.45) is 11.8 Å². The largest absolute Gasteiger partial charge is 0.375 e. The van der Waals surface area contributed by atoms with Crippen LogP contribution in [-0.2, 0) is 16.9 Å². The third kappa shape index (κ3) is 3.84. The minimum Gasteiger partial charge on any atom is -0.375 e. The monoisotopic (exact) mass is 440 g/mol. The Morgan fingerprint density at radius 1 is 1.03 bits per heavy atom. The molecule has 32 heavy (non-hydrogen) atoms. The number of carbonyl (C=O) groups is 1. The zero-order valence-corrected chi connectivity index (χ0v) is 18.2. The van der Waals surface area contributed by atoms with Crippen molar-refractivity contribution in [2.45, 2.75) is 49.8 Å². The number of alkyl halides is 2. The van der Waals surface area contributed by atoms with Gasteiger partial charge in [-0.25, -0.2) is 8.78 Å². The molecule has 6 heteroatoms. The number of halogens is 2. The Labute approximate surface area is 187 Å². The Balaban J connectivity index is 1.31. The maximum Gasteiger partial charge on any atom is 0.259 e. The van der Waals surface area contributed by atoms with Gasteiger partial charge in [-0.1, -0.05) is 60.7 Å². The van der Waals surface area contributed by atoms with Crippen LogP contribution >= 0.6 is 0 Å². The fourth-order valence-electron chi connectivity index (χ4n) is 5.91. The Morgan fingerprint density at radius 3 is 2.34 bits per heavy atom. The van der Waals surface area contributed by atoms with Gasteiger partial charge in [0.15, 0.2) is 5.60 Å². The molecule has 0 bridgehead atoms. The van der Waals surface area contributed by atoms with E-state index in [0.29, 0.717) is 18.0 Å². The number of piperidine rings is 1. The summed E-state index contributed by atoms with van der Waals surface area (Å²) in [6.45, 7) is 3.26. The van der Waals surface area contributed by atoms with Gasteiger partial charge in [0.05, 0.1) is 0 Å². The highest BCUT2D eigenvalue weighted by atomic mass is 19.3. The molecule has 0 spiro atoms. The summed E-state index contributed by atoms with van der Waals surface area (Å²) in [5.74, 6) is -3.64. The Bertz CT molecular complexity index is 955. The van der Waals surface area contributed by atoms with Crippen LogP contribution in [0.15, 0.2) is 60.7 Å². The summed E-state index contributed by atoms with van der Waals surface area (Å²) in [5.41, 5.74) is -0.190. The van der Waals surface area contributed by atoms with Gasteiger partial charge in [-0.3, -0.25) is 9.69 Å². The first-order chi connectivity index (χ1) is 15.4. The molecule has 2 aromatic carbocycles. The van der Waals surface area contributed by atoms with Crippen LogP contribution < -0.4 is 0 Å². The van der Waals surface area contributed by atoms with Gasteiger partial charge in [-0.15, -0.1) is 0 Å². The van der Waals surface area contributed by atoms with E-state index >= 15 is 0 Å². The third-order valence-corrected chi connectivity index (χ3v) is 7.65. The van der Waals surface area contributed by atoms with Crippen molar-refractivity contribution in [2.75, 3.05) is 19.6 Å². The minimum absolute atomic E-state index is 0.0756. The van der Waals surface area contributed by atoms with Crippen LogP contribution in [0.25, 0.3) is 0 Å². The zero-order valence-electron chi connectivity index (χ0n) is 18.2. The molecule has 0 unspecified atom stereocenters. The molecule has 2 aliphatic heterocycles. The van der Waals surface area contributed by atoms with E-state index in [9.17, 15) is 18.7 Å². The number of fused-ring (bicyclic) bond motifs is 1. The predicted molar refractivity (Wildman–Crippen MR) is 118 cm³/mol. The van der Waals surface area contributed by atoms with Gasteiger partial charge in [0.1, 0.15) is 0 Å². The number of nitrogens with zero attached hydrogens (tertiary/aromatic N) is 2. The molecule has 1 aliphatic carbocycles. The van der Waals surface area contributed by atoms with Crippen LogP contribution in [0.4, 0.5) is 8.78 Å². The Hall–Kier alpha value is -2.31. The quantitative estimate of drug-likeness (QED) is 0.763. The van der Waals surface area contributed by atoms with Gasteiger partial charge in [0, 0.05) is 56.9 Å². The molecule has 0 aromatic heterocycles. The van der Waals surface area contributed by atoms with E-state index < -0.39 is 29.8 Å². The van der Waals surface area contributed by atoms with Gasteiger partial charge in [-0.2, -0.15) is 0 Å². The smallest absolute Gasteiger partial charge is 0.259 e. The second-order valence-electron chi connectivity index (χ2n) is 9.72. The van der Waals surface area contributed by atoms with Crippen LogP contribution in [0.5, 0.6) is 0 Å². The molecule has 3 aliphatic rings. The highest BCUT2D eigenvalue weighted by Crippen LogP contribution is 2.49. The Morgan fingerprint density at radius 2 is 1.72 bits per heavy atom. The molecular formula is C26H30F2N2O2. The van der Waals surface area contributed by atoms with Crippen molar-refractivity contribution < 1.29 is 18.7 Å². The lowest BCUT2D eigenvalue weighted by molar-refractivity contribution is -0.177. The lowest BCUT2D eigenvalue weighted by atomic mass is 9.75. The molecule has 1 amide bonds. The SMILES string of the molecule is O=C(N1C[C@@H]2CN(Cc3ccccc3)CC[C@@H]21)[C@](O)(c1ccccc1)[C@@H]1CCC(F)(F)C1. The van der Waals surface area contributed by atoms with E-state index in [-0.39, 0.29) is 18.9 Å². The number of carbonyl (C=O) groups excluding carboxylic acids is 1. The first-order valence-electron chi connectivity index (χ1n) is 11.6. The van der Waals surface area contributed by atoms with Crippen molar-refractivity contribution in [1.29, 1.82) is 0 Å². The molecule has 2 aromatic rings. The molecule has 4 atom stereocenters. The molecule has 1 N–H and O–H groups in total. The maximum atomic E-state index is 14.1. The van der Waals surface area contributed by atoms with Gasteiger partial charge < -0.3 is 10.0 Å². The topological polar surface area (TPSA) is 43.8 Å². The molecule has 1 saturated carbocycles. The summed E-state index contributed by atoms with van der Waals surface area (Å²) >= 11 is 0. The number of rotatable bonds is 5. The van der Waals surface area contributed by atoms with Crippen LogP contribution in [0.3, 0.4) is 0 Å². The zero-order chi connectivity index (χ0) is 22.3. The number of likely N-dealkylation sites (tertiary alicyclic amines) is 2. The summed E-state index contributed by atoms with van der Waals surface area (Å²) < 4.78 is 28.1. The molecule has 5 rings (SSSR count). The summed E-state index contributed by atoms with van der Waals surface area (Å²) in [7, 11) is 0. The van der Waals surface area contributed by atoms with Crippen LogP contribution in [-0.4, -0.2) is 52.4 Å². The van der Waals surface area contributed by atoms with Gasteiger partial charge in [0.25, 0.3) is 5.91 Å². The van der Waals surface area contributed by atoms with Gasteiger partial charge >= 0.3 is 0 Å². The first kappa shape index (κ1) is 21.5. The van der Waals surface area contributed by atoms with Gasteiger partial charge in [0.2, 0.25) is 5.92 Å². The van der Waals surface area contributed by atoms with E-state index in [4.69, 9.17) is 0 Å². The van der Waals surface area contributed by atoms with Crippen molar-refractivity contribution in [1.82, 2.24) is 9.80 Å². The average Bonchev–Trinajstić information content (AvgIpc) is 3.16. The molecule has 2 saturated heterocycles. The van der Waals surface area contributed by atoms with Crippen molar-refractivity contribution in [3.05, 3.63) is 71.8 Å². The number of aliphatic hydroxyl groups is 1. The maximum absolute atomic E-state index is 14.1. The molecule has 170 valence electrons. The van der Waals surface area contributed by atoms with Crippen LogP contribution in [0.1, 0.15) is 36.8 Å². The number of amides is 1. The van der Waals surface area contributed by atoms with E-state index in [0.717, 1.165) is 26.1 Å². The van der Waals surface area contributed by atoms with E-state index in [1.165, 1.54) is 5.56 Å². The fourth-order valence-corrected chi connectivity index (χ4v) is 5.91. The van der Waals surface area contributed by atoms with Crippen LogP contribution in [0, 0.1) is 11.8 Å². The normalized spacial score (nSPS) is 29.1. The molecule has 4 nitrogen and oxygen atoms in total. The number of benzene rings is 2. The number of hydrogen-bond donors (Lipinski definition) is 1. The Kier molecular flexibility index (Phi) is 5.54. The molecular weight excluding hydrogens is 410 g/mol. The lowest BCUT2D eigenvalue weighted by Gasteiger charge is -2.55. The van der Waals surface area contributed by atoms with E-state index in [1.54, 1.807) is 35.2 Å². The fraction of sp³-hybridized carbons (Fsp3) is 0.500. The lowest BCUT2D eigenvalue weighted by Crippen LogP contribution is -2.68. The predicted octanol–water partition coefficient (Wildman–Crippen LogP) is 4.04.